The van der Waals surface area contributed by atoms with Crippen LogP contribution in [-0.4, -0.2) is 28.1 Å². The van der Waals surface area contributed by atoms with Gasteiger partial charge in [-0.05, 0) is 44.7 Å². The second-order valence-corrected chi connectivity index (χ2v) is 5.23. The van der Waals surface area contributed by atoms with Crippen LogP contribution in [-0.2, 0) is 4.79 Å². The molecule has 1 rings (SSSR count). The van der Waals surface area contributed by atoms with Crippen molar-refractivity contribution in [2.45, 2.75) is 53.1 Å². The highest BCUT2D eigenvalue weighted by Gasteiger charge is 2.38. The van der Waals surface area contributed by atoms with Crippen molar-refractivity contribution >= 4 is 12.2 Å². The van der Waals surface area contributed by atoms with Crippen molar-refractivity contribution in [3.63, 3.8) is 0 Å². The lowest BCUT2D eigenvalue weighted by atomic mass is 9.95. The molecule has 0 bridgehead atoms. The molecule has 2 N–H and O–H groups in total. The zero-order valence-electron chi connectivity index (χ0n) is 13.2. The molecule has 5 heteroatoms. The summed E-state index contributed by atoms with van der Waals surface area (Å²) < 4.78 is 5.92. The van der Waals surface area contributed by atoms with E-state index in [2.05, 4.69) is 5.16 Å². The monoisotopic (exact) mass is 293 g/mol. The van der Waals surface area contributed by atoms with Gasteiger partial charge in [0.25, 0.3) is 0 Å². The average molecular weight is 293 g/mol. The molecule has 0 saturated carbocycles. The molecule has 0 spiro atoms. The Labute approximate surface area is 125 Å². The molecular formula is C16H23NO4. The van der Waals surface area contributed by atoms with Crippen LogP contribution in [0.1, 0.15) is 48.9 Å². The smallest absolute Gasteiger partial charge is 0.348 e. The van der Waals surface area contributed by atoms with Gasteiger partial charge in [0.15, 0.2) is 0 Å². The highest BCUT2D eigenvalue weighted by Crippen LogP contribution is 2.33. The van der Waals surface area contributed by atoms with Crippen molar-refractivity contribution in [1.29, 1.82) is 0 Å². The van der Waals surface area contributed by atoms with Crippen molar-refractivity contribution in [3.05, 3.63) is 28.3 Å². The fraction of sp³-hybridized carbons (Fsp3) is 0.500. The first-order valence-corrected chi connectivity index (χ1v) is 7.03. The van der Waals surface area contributed by atoms with E-state index >= 15 is 0 Å². The van der Waals surface area contributed by atoms with E-state index in [1.165, 1.54) is 6.21 Å². The van der Waals surface area contributed by atoms with Gasteiger partial charge in [-0.1, -0.05) is 25.1 Å². The summed E-state index contributed by atoms with van der Waals surface area (Å²) in [5.41, 5.74) is 2.09. The van der Waals surface area contributed by atoms with Crippen LogP contribution in [0.5, 0.6) is 5.75 Å². The first-order valence-electron chi connectivity index (χ1n) is 7.03. The predicted octanol–water partition coefficient (Wildman–Crippen LogP) is 3.44. The number of hydrogen-bond donors (Lipinski definition) is 2. The van der Waals surface area contributed by atoms with E-state index in [1.54, 1.807) is 13.8 Å². The summed E-state index contributed by atoms with van der Waals surface area (Å²) in [6.45, 7) is 9.22. The third-order valence-corrected chi connectivity index (χ3v) is 3.98. The molecular weight excluding hydrogens is 270 g/mol. The summed E-state index contributed by atoms with van der Waals surface area (Å²) >= 11 is 0. The number of carbonyl (C=O) groups is 1. The highest BCUT2D eigenvalue weighted by molar-refractivity contribution is 5.85. The van der Waals surface area contributed by atoms with Crippen LogP contribution in [0.2, 0.25) is 0 Å². The number of benzene rings is 1. The molecule has 21 heavy (non-hydrogen) atoms. The van der Waals surface area contributed by atoms with Gasteiger partial charge in [0, 0.05) is 11.1 Å². The van der Waals surface area contributed by atoms with Crippen LogP contribution in [0.3, 0.4) is 0 Å². The number of carboxylic acid groups (broad SMARTS) is 1. The molecule has 0 heterocycles. The van der Waals surface area contributed by atoms with Crippen molar-refractivity contribution in [2.75, 3.05) is 0 Å². The van der Waals surface area contributed by atoms with Gasteiger partial charge in [0.2, 0.25) is 5.60 Å². The maximum atomic E-state index is 11.6. The number of nitrogens with zero attached hydrogens (tertiary/aromatic N) is 1. The molecule has 0 aliphatic carbocycles. The lowest BCUT2D eigenvalue weighted by Gasteiger charge is -2.30. The molecule has 1 aromatic carbocycles. The van der Waals surface area contributed by atoms with Crippen LogP contribution in [0, 0.1) is 20.8 Å². The lowest BCUT2D eigenvalue weighted by Crippen LogP contribution is -2.43. The molecule has 0 atom stereocenters. The second kappa shape index (κ2) is 6.61. The first-order chi connectivity index (χ1) is 9.82. The minimum Gasteiger partial charge on any atom is -0.478 e. The first kappa shape index (κ1) is 17.0. The molecule has 0 unspecified atom stereocenters. The molecule has 0 fully saturated rings. The van der Waals surface area contributed by atoms with Crippen molar-refractivity contribution in [3.8, 4) is 5.75 Å². The number of ether oxygens (including phenoxy) is 1. The Bertz CT molecular complexity index is 560. The van der Waals surface area contributed by atoms with Gasteiger partial charge in [0.1, 0.15) is 5.75 Å². The van der Waals surface area contributed by atoms with Crippen LogP contribution in [0.15, 0.2) is 11.2 Å². The largest absolute Gasteiger partial charge is 0.478 e. The third kappa shape index (κ3) is 3.17. The topological polar surface area (TPSA) is 79.1 Å². The van der Waals surface area contributed by atoms with Crippen molar-refractivity contribution < 1.29 is 19.8 Å². The maximum Gasteiger partial charge on any atom is 0.348 e. The van der Waals surface area contributed by atoms with E-state index in [0.29, 0.717) is 18.6 Å². The average Bonchev–Trinajstić information content (AvgIpc) is 2.44. The van der Waals surface area contributed by atoms with Gasteiger partial charge in [-0.25, -0.2) is 4.79 Å². The molecule has 1 aromatic rings. The summed E-state index contributed by atoms with van der Waals surface area (Å²) in [4.78, 5) is 11.6. The lowest BCUT2D eigenvalue weighted by molar-refractivity contribution is -0.156. The summed E-state index contributed by atoms with van der Waals surface area (Å²) in [6.07, 6.45) is 2.08. The van der Waals surface area contributed by atoms with E-state index in [-0.39, 0.29) is 0 Å². The van der Waals surface area contributed by atoms with Gasteiger partial charge in [-0.3, -0.25) is 0 Å². The molecule has 0 aromatic heterocycles. The fourth-order valence-electron chi connectivity index (χ4n) is 2.53. The zero-order chi connectivity index (χ0) is 16.2. The van der Waals surface area contributed by atoms with Gasteiger partial charge in [-0.2, -0.15) is 0 Å². The number of carboxylic acids is 1. The van der Waals surface area contributed by atoms with E-state index in [9.17, 15) is 9.90 Å². The Morgan fingerprint density at radius 2 is 1.86 bits per heavy atom. The van der Waals surface area contributed by atoms with Crippen molar-refractivity contribution in [2.24, 2.45) is 5.16 Å². The van der Waals surface area contributed by atoms with E-state index < -0.39 is 11.6 Å². The van der Waals surface area contributed by atoms with E-state index in [4.69, 9.17) is 9.94 Å². The zero-order valence-corrected chi connectivity index (χ0v) is 13.2. The van der Waals surface area contributed by atoms with E-state index in [1.807, 2.05) is 26.8 Å². The number of oxime groups is 1. The molecule has 0 aliphatic rings. The third-order valence-electron chi connectivity index (χ3n) is 3.98. The normalized spacial score (nSPS) is 11.9. The number of hydrogen-bond acceptors (Lipinski definition) is 4. The number of aryl methyl sites for hydroxylation is 2. The molecule has 0 saturated heterocycles. The SMILES string of the molecule is CCC(CC)(Oc1c(C)cc(C)c(C=NO)c1C)C(=O)O. The minimum absolute atomic E-state index is 0.370. The second-order valence-electron chi connectivity index (χ2n) is 5.23. The Kier molecular flexibility index (Phi) is 5.35. The fourth-order valence-corrected chi connectivity index (χ4v) is 2.53. The summed E-state index contributed by atoms with van der Waals surface area (Å²) in [5.74, 6) is -0.425. The van der Waals surface area contributed by atoms with Gasteiger partial charge < -0.3 is 15.1 Å². The van der Waals surface area contributed by atoms with Crippen LogP contribution in [0.25, 0.3) is 0 Å². The predicted molar refractivity (Wildman–Crippen MR) is 81.6 cm³/mol. The van der Waals surface area contributed by atoms with Gasteiger partial charge in [-0.15, -0.1) is 0 Å². The maximum absolute atomic E-state index is 11.6. The highest BCUT2D eigenvalue weighted by atomic mass is 16.5. The van der Waals surface area contributed by atoms with Crippen molar-refractivity contribution in [1.82, 2.24) is 0 Å². The number of rotatable bonds is 6. The Hall–Kier alpha value is -2.04. The Morgan fingerprint density at radius 1 is 1.29 bits per heavy atom. The standard InChI is InChI=1S/C16H23NO4/c1-6-16(7-2,15(18)19)21-14-11(4)8-10(3)13(9-17-20)12(14)5/h8-9,20H,6-7H2,1-5H3,(H,18,19). The molecule has 5 nitrogen and oxygen atoms in total. The minimum atomic E-state index is -1.24. The number of aliphatic carboxylic acids is 1. The summed E-state index contributed by atoms with van der Waals surface area (Å²) in [7, 11) is 0. The molecule has 116 valence electrons. The van der Waals surface area contributed by atoms with E-state index in [0.717, 1.165) is 22.3 Å². The van der Waals surface area contributed by atoms with Crippen LogP contribution < -0.4 is 4.74 Å². The quantitative estimate of drug-likeness (QED) is 0.478. The molecule has 0 aliphatic heterocycles. The molecule has 0 radical (unpaired) electrons. The molecule has 0 amide bonds. The summed E-state index contributed by atoms with van der Waals surface area (Å²) in [5, 5.41) is 21.4. The Balaban J connectivity index is 3.43. The van der Waals surface area contributed by atoms with Crippen LogP contribution in [0.4, 0.5) is 0 Å². The van der Waals surface area contributed by atoms with Gasteiger partial charge in [0.05, 0.1) is 6.21 Å². The Morgan fingerprint density at radius 3 is 2.29 bits per heavy atom. The van der Waals surface area contributed by atoms with Gasteiger partial charge >= 0.3 is 5.97 Å². The van der Waals surface area contributed by atoms with Crippen LogP contribution >= 0.6 is 0 Å². The summed E-state index contributed by atoms with van der Waals surface area (Å²) in [6, 6.07) is 1.90.